The highest BCUT2D eigenvalue weighted by atomic mass is 79.9. The molecule has 74 heavy (non-hydrogen) atoms. The summed E-state index contributed by atoms with van der Waals surface area (Å²) in [6.45, 7) is 8.22. The van der Waals surface area contributed by atoms with Crippen LogP contribution in [-0.2, 0) is 28.5 Å². The summed E-state index contributed by atoms with van der Waals surface area (Å²) in [6, 6.07) is 12.2. The second kappa shape index (κ2) is 29.4. The van der Waals surface area contributed by atoms with Crippen LogP contribution in [0.15, 0.2) is 102 Å². The minimum Gasteiger partial charge on any atom is -0.464 e. The Balaban J connectivity index is 0.000000183. The Bertz CT molecular complexity index is 3050. The third-order valence-electron chi connectivity index (χ3n) is 9.08. The number of anilines is 2. The van der Waals surface area contributed by atoms with E-state index in [2.05, 4.69) is 136 Å². The maximum Gasteiger partial charge on any atom is 0.357 e. The van der Waals surface area contributed by atoms with Crippen LogP contribution in [-0.4, -0.2) is 111 Å². The summed E-state index contributed by atoms with van der Waals surface area (Å²) in [4.78, 5) is 64.0. The van der Waals surface area contributed by atoms with Gasteiger partial charge in [0.05, 0.1) is 46.5 Å². The molecule has 0 fully saturated rings. The average Bonchev–Trinajstić information content (AvgIpc) is 4.15. The van der Waals surface area contributed by atoms with Crippen molar-refractivity contribution in [3.8, 4) is 11.6 Å². The van der Waals surface area contributed by atoms with E-state index in [0.717, 1.165) is 8.95 Å². The molecule has 30 heteroatoms. The lowest BCUT2D eigenvalue weighted by Crippen LogP contribution is -2.36. The van der Waals surface area contributed by atoms with Crippen molar-refractivity contribution in [1.29, 1.82) is 0 Å². The lowest BCUT2D eigenvalue weighted by Gasteiger charge is -2.21. The summed E-state index contributed by atoms with van der Waals surface area (Å²) in [5.41, 5.74) is 0.523. The summed E-state index contributed by atoms with van der Waals surface area (Å²) in [6.07, 6.45) is 7.24. The van der Waals surface area contributed by atoms with E-state index < -0.39 is 24.0 Å². The first-order chi connectivity index (χ1) is 35.3. The lowest BCUT2D eigenvalue weighted by atomic mass is 10.2. The Morgan fingerprint density at radius 3 is 1.27 bits per heavy atom. The molecule has 0 N–H and O–H groups in total. The van der Waals surface area contributed by atoms with Gasteiger partial charge in [-0.25, -0.2) is 58.5 Å². The molecule has 20 nitrogen and oxygen atoms in total. The van der Waals surface area contributed by atoms with Crippen LogP contribution in [0.5, 0.6) is 0 Å². The molecular formula is C44H38Br6Cl4N12O8. The number of hydrogen-bond acceptors (Lipinski definition) is 18. The van der Waals surface area contributed by atoms with Crippen molar-refractivity contribution in [3.63, 3.8) is 0 Å². The Morgan fingerprint density at radius 2 is 0.892 bits per heavy atom. The van der Waals surface area contributed by atoms with Crippen molar-refractivity contribution in [3.05, 3.63) is 123 Å². The normalized spacial score (nSPS) is 14.5. The van der Waals surface area contributed by atoms with E-state index in [4.69, 9.17) is 65.4 Å². The van der Waals surface area contributed by atoms with Crippen molar-refractivity contribution in [2.24, 2.45) is 10.2 Å². The molecule has 0 aliphatic carbocycles. The summed E-state index contributed by atoms with van der Waals surface area (Å²) in [7, 11) is 0. The number of carbonyl (C=O) groups is 4. The van der Waals surface area contributed by atoms with Crippen molar-refractivity contribution < 1.29 is 38.1 Å². The van der Waals surface area contributed by atoms with Crippen molar-refractivity contribution >= 4 is 187 Å². The number of aromatic nitrogens is 8. The van der Waals surface area contributed by atoms with E-state index in [0.29, 0.717) is 87.9 Å². The second-order valence-corrected chi connectivity index (χ2v) is 21.0. The lowest BCUT2D eigenvalue weighted by molar-refractivity contribution is -0.145. The van der Waals surface area contributed by atoms with Gasteiger partial charge in [0.2, 0.25) is 0 Å². The van der Waals surface area contributed by atoms with Gasteiger partial charge in [-0.2, -0.15) is 20.4 Å². The molecule has 392 valence electrons. The molecule has 8 rings (SSSR count). The number of nitrogens with zero attached hydrogens (tertiary/aromatic N) is 12. The van der Waals surface area contributed by atoms with Gasteiger partial charge in [0.15, 0.2) is 46.7 Å². The van der Waals surface area contributed by atoms with Gasteiger partial charge in [0, 0.05) is 58.7 Å². The molecule has 0 saturated heterocycles. The highest BCUT2D eigenvalue weighted by molar-refractivity contribution is 9.18. The fraction of sp³-hybridized carbons (Fsp3) is 0.273. The van der Waals surface area contributed by atoms with Gasteiger partial charge < -0.3 is 18.9 Å². The van der Waals surface area contributed by atoms with Crippen molar-refractivity contribution in [2.45, 2.75) is 52.6 Å². The number of ether oxygens (including phenoxy) is 4. The summed E-state index contributed by atoms with van der Waals surface area (Å²) < 4.78 is 26.5. The van der Waals surface area contributed by atoms with Crippen molar-refractivity contribution in [1.82, 2.24) is 39.5 Å². The molecule has 0 bridgehead atoms. The highest BCUT2D eigenvalue weighted by Gasteiger charge is 2.37. The third-order valence-corrected chi connectivity index (χ3v) is 12.8. The second-order valence-electron chi connectivity index (χ2n) is 14.1. The van der Waals surface area contributed by atoms with Crippen LogP contribution in [0.3, 0.4) is 0 Å². The maximum absolute atomic E-state index is 11.9. The van der Waals surface area contributed by atoms with Gasteiger partial charge in [-0.15, -0.1) is 0 Å². The Labute approximate surface area is 493 Å². The fourth-order valence-corrected chi connectivity index (χ4v) is 9.67. The number of hydrazone groups is 2. The molecule has 6 aromatic rings. The van der Waals surface area contributed by atoms with E-state index in [-0.39, 0.29) is 36.5 Å². The fourth-order valence-electron chi connectivity index (χ4n) is 6.13. The number of hydrogen-bond donors (Lipinski definition) is 0. The molecule has 2 aliphatic rings. The average molecular weight is 1480 g/mol. The molecule has 2 unspecified atom stereocenters. The zero-order valence-corrected chi connectivity index (χ0v) is 51.3. The van der Waals surface area contributed by atoms with Crippen LogP contribution in [0, 0.1) is 0 Å². The van der Waals surface area contributed by atoms with Gasteiger partial charge in [-0.1, -0.05) is 46.4 Å². The molecule has 0 saturated carbocycles. The number of halogens is 10. The molecule has 6 aromatic heterocycles. The Morgan fingerprint density at radius 1 is 0.527 bits per heavy atom. The van der Waals surface area contributed by atoms with Gasteiger partial charge in [-0.05, 0) is 160 Å². The Hall–Kier alpha value is -4.12. The van der Waals surface area contributed by atoms with Gasteiger partial charge >= 0.3 is 23.9 Å². The van der Waals surface area contributed by atoms with Gasteiger partial charge in [-0.3, -0.25) is 0 Å². The van der Waals surface area contributed by atoms with E-state index >= 15 is 0 Å². The van der Waals surface area contributed by atoms with Gasteiger partial charge in [0.1, 0.15) is 18.4 Å². The van der Waals surface area contributed by atoms with Crippen LogP contribution in [0.4, 0.5) is 11.6 Å². The first kappa shape index (κ1) is 60.7. The van der Waals surface area contributed by atoms with Crippen LogP contribution >= 0.6 is 142 Å². The molecule has 2 aliphatic heterocycles. The van der Waals surface area contributed by atoms with Crippen LogP contribution in [0.1, 0.15) is 61.5 Å². The van der Waals surface area contributed by atoms with Crippen LogP contribution < -0.4 is 10.0 Å². The zero-order valence-electron chi connectivity index (χ0n) is 38.7. The SMILES string of the molecule is CCOC(=O)C1CC(Br)=NN1c1ncc(Br)cc1Cl.CCOC(=O)C1CC(Br)=NN1c1ncccc1Cl.CCOC(=O)c1cc(Br)nn1-c1ncc(Br)cc1Cl.CCOC(=O)c1cc(Br)nn1-c1ncccc1Cl. The molecule has 0 amide bonds. The first-order valence-corrected chi connectivity index (χ1v) is 27.7. The van der Waals surface area contributed by atoms with E-state index in [1.807, 2.05) is 0 Å². The van der Waals surface area contributed by atoms with E-state index in [9.17, 15) is 19.2 Å². The molecule has 0 spiro atoms. The number of carbonyl (C=O) groups excluding carboxylic acids is 4. The van der Waals surface area contributed by atoms with E-state index in [1.165, 1.54) is 19.4 Å². The molecule has 0 radical (unpaired) electrons. The molecule has 8 heterocycles. The molecule has 0 aromatic carbocycles. The number of rotatable bonds is 12. The Kier molecular flexibility index (Phi) is 24.1. The van der Waals surface area contributed by atoms with Crippen molar-refractivity contribution in [2.75, 3.05) is 36.4 Å². The predicted octanol–water partition coefficient (Wildman–Crippen LogP) is 12.4. The monoisotopic (exact) mass is 1480 g/mol. The van der Waals surface area contributed by atoms with Crippen LogP contribution in [0.25, 0.3) is 11.6 Å². The third kappa shape index (κ3) is 16.4. The largest absolute Gasteiger partial charge is 0.464 e. The minimum atomic E-state index is -0.541. The molecule has 2 atom stereocenters. The number of pyridine rings is 4. The topological polar surface area (TPSA) is 224 Å². The predicted molar refractivity (Wildman–Crippen MR) is 302 cm³/mol. The zero-order chi connectivity index (χ0) is 54.2. The summed E-state index contributed by atoms with van der Waals surface area (Å²) in [5.74, 6) is -0.0200. The maximum atomic E-state index is 11.9. The highest BCUT2D eigenvalue weighted by Crippen LogP contribution is 2.34. The minimum absolute atomic E-state index is 0.255. The quantitative estimate of drug-likeness (QED) is 0.0820. The standard InChI is InChI=1S/C11H10Br2ClN3O2.C11H8Br2ClN3O2.C11H11BrClN3O2.C11H9BrClN3O2/c2*1-2-19-11(18)8-4-9(13)16-17(8)10-7(14)3-6(12)5-15-10;2*1-2-18-11(17)8-6-9(12)15-16(8)10-7(13)4-3-5-14-10/h3,5,8H,2,4H2,1H3;3-5H,2H2,1H3;3-5,8H,2,6H2,1H3;3-6H,2H2,1H3. The van der Waals surface area contributed by atoms with E-state index in [1.54, 1.807) is 101 Å². The smallest absolute Gasteiger partial charge is 0.357 e. The van der Waals surface area contributed by atoms with Gasteiger partial charge in [0.25, 0.3) is 0 Å². The number of esters is 4. The summed E-state index contributed by atoms with van der Waals surface area (Å²) in [5, 5.41) is 21.3. The molecular weight excluding hydrogens is 1450 g/mol. The first-order valence-electron chi connectivity index (χ1n) is 21.4. The summed E-state index contributed by atoms with van der Waals surface area (Å²) >= 11 is 43.9. The van der Waals surface area contributed by atoms with Crippen LogP contribution in [0.2, 0.25) is 20.1 Å².